The van der Waals surface area contributed by atoms with Crippen molar-refractivity contribution in [2.45, 2.75) is 38.3 Å². The summed E-state index contributed by atoms with van der Waals surface area (Å²) in [5.41, 5.74) is 0.653. The second-order valence-electron chi connectivity index (χ2n) is 6.64. The summed E-state index contributed by atoms with van der Waals surface area (Å²) in [6.45, 7) is 5.60. The monoisotopic (exact) mass is 335 g/mol. The van der Waals surface area contributed by atoms with Gasteiger partial charge in [0.2, 0.25) is 0 Å². The number of ether oxygens (including phenoxy) is 1. The van der Waals surface area contributed by atoms with E-state index in [9.17, 15) is 9.18 Å². The fraction of sp³-hybridized carbons (Fsp3) is 0.611. The lowest BCUT2D eigenvalue weighted by Crippen LogP contribution is -2.50. The quantitative estimate of drug-likeness (QED) is 0.904. The van der Waals surface area contributed by atoms with Crippen LogP contribution in [0, 0.1) is 5.82 Å². The van der Waals surface area contributed by atoms with Crippen molar-refractivity contribution >= 4 is 11.7 Å². The van der Waals surface area contributed by atoms with Gasteiger partial charge in [-0.1, -0.05) is 12.1 Å². The highest BCUT2D eigenvalue weighted by molar-refractivity contribution is 5.74. The molecule has 1 aromatic rings. The number of rotatable bonds is 2. The first-order chi connectivity index (χ1) is 11.6. The van der Waals surface area contributed by atoms with Crippen molar-refractivity contribution in [1.29, 1.82) is 0 Å². The molecule has 132 valence electrons. The molecule has 5 nitrogen and oxygen atoms in total. The Morgan fingerprint density at radius 1 is 1.25 bits per heavy atom. The molecule has 0 saturated carbocycles. The van der Waals surface area contributed by atoms with Crippen molar-refractivity contribution < 1.29 is 13.9 Å². The number of nitrogens with zero attached hydrogens (tertiary/aromatic N) is 2. The third-order valence-corrected chi connectivity index (χ3v) is 4.76. The van der Waals surface area contributed by atoms with E-state index in [0.29, 0.717) is 18.8 Å². The molecule has 1 atom stereocenters. The number of hydrogen-bond donors (Lipinski definition) is 1. The Balaban J connectivity index is 1.50. The summed E-state index contributed by atoms with van der Waals surface area (Å²) >= 11 is 0. The third-order valence-electron chi connectivity index (χ3n) is 4.76. The standard InChI is InChI=1S/C18H26FN3O2/c1-14-13-22(9-4-12-24-14)18(23)20-15-7-10-21(11-8-15)17-6-3-2-5-16(17)19/h2-3,5-6,14-15H,4,7-13H2,1H3,(H,20,23)/t14-/m0/s1. The Labute approximate surface area is 142 Å². The van der Waals surface area contributed by atoms with Crippen LogP contribution in [0.2, 0.25) is 0 Å². The molecule has 0 unspecified atom stereocenters. The molecule has 0 spiro atoms. The van der Waals surface area contributed by atoms with E-state index in [-0.39, 0.29) is 24.0 Å². The normalized spacial score (nSPS) is 23.0. The Hall–Kier alpha value is -1.82. The van der Waals surface area contributed by atoms with Gasteiger partial charge in [0, 0.05) is 38.8 Å². The molecule has 2 aliphatic rings. The first-order valence-electron chi connectivity index (χ1n) is 8.80. The molecule has 2 fully saturated rings. The zero-order valence-corrected chi connectivity index (χ0v) is 14.2. The second kappa shape index (κ2) is 7.83. The molecule has 1 N–H and O–H groups in total. The molecule has 0 radical (unpaired) electrons. The lowest BCUT2D eigenvalue weighted by Gasteiger charge is -2.35. The zero-order chi connectivity index (χ0) is 16.9. The number of carbonyl (C=O) groups is 1. The SMILES string of the molecule is C[C@H]1CN(C(=O)NC2CCN(c3ccccc3F)CC2)CCCO1. The third kappa shape index (κ3) is 4.17. The average molecular weight is 335 g/mol. The number of nitrogens with one attached hydrogen (secondary N) is 1. The van der Waals surface area contributed by atoms with Crippen molar-refractivity contribution in [3.63, 3.8) is 0 Å². The zero-order valence-electron chi connectivity index (χ0n) is 14.2. The highest BCUT2D eigenvalue weighted by Gasteiger charge is 2.25. The van der Waals surface area contributed by atoms with Gasteiger partial charge in [-0.15, -0.1) is 0 Å². The predicted octanol–water partition coefficient (Wildman–Crippen LogP) is 2.61. The maximum Gasteiger partial charge on any atom is 0.317 e. The number of benzene rings is 1. The van der Waals surface area contributed by atoms with Crippen LogP contribution in [0.5, 0.6) is 0 Å². The van der Waals surface area contributed by atoms with Crippen molar-refractivity contribution in [3.8, 4) is 0 Å². The lowest BCUT2D eigenvalue weighted by atomic mass is 10.0. The van der Waals surface area contributed by atoms with Crippen LogP contribution in [0.3, 0.4) is 0 Å². The number of anilines is 1. The summed E-state index contributed by atoms with van der Waals surface area (Å²) in [4.78, 5) is 16.4. The first-order valence-corrected chi connectivity index (χ1v) is 8.80. The van der Waals surface area contributed by atoms with Crippen molar-refractivity contribution in [2.24, 2.45) is 0 Å². The number of carbonyl (C=O) groups excluding carboxylic acids is 1. The Morgan fingerprint density at radius 3 is 2.75 bits per heavy atom. The average Bonchev–Trinajstić information content (AvgIpc) is 2.81. The van der Waals surface area contributed by atoms with Crippen LogP contribution >= 0.6 is 0 Å². The molecule has 2 heterocycles. The largest absolute Gasteiger partial charge is 0.377 e. The van der Waals surface area contributed by atoms with E-state index in [2.05, 4.69) is 10.2 Å². The number of hydrogen-bond acceptors (Lipinski definition) is 3. The van der Waals surface area contributed by atoms with E-state index in [0.717, 1.165) is 38.9 Å². The van der Waals surface area contributed by atoms with Gasteiger partial charge in [0.05, 0.1) is 11.8 Å². The van der Waals surface area contributed by atoms with Gasteiger partial charge in [-0.25, -0.2) is 9.18 Å². The smallest absolute Gasteiger partial charge is 0.317 e. The molecule has 2 aliphatic heterocycles. The van der Waals surface area contributed by atoms with Gasteiger partial charge in [-0.2, -0.15) is 0 Å². The molecule has 0 aromatic heterocycles. The topological polar surface area (TPSA) is 44.8 Å². The van der Waals surface area contributed by atoms with Gasteiger partial charge in [0.25, 0.3) is 0 Å². The second-order valence-corrected chi connectivity index (χ2v) is 6.64. The highest BCUT2D eigenvalue weighted by Crippen LogP contribution is 2.23. The van der Waals surface area contributed by atoms with E-state index in [1.165, 1.54) is 6.07 Å². The number of halogens is 1. The molecule has 24 heavy (non-hydrogen) atoms. The fourth-order valence-corrected chi connectivity index (χ4v) is 3.42. The van der Waals surface area contributed by atoms with E-state index >= 15 is 0 Å². The number of para-hydroxylation sites is 1. The van der Waals surface area contributed by atoms with Crippen molar-refractivity contribution in [2.75, 3.05) is 37.7 Å². The Kier molecular flexibility index (Phi) is 5.56. The van der Waals surface area contributed by atoms with Crippen LogP contribution in [0.15, 0.2) is 24.3 Å². The maximum atomic E-state index is 13.9. The molecule has 3 rings (SSSR count). The van der Waals surface area contributed by atoms with Crippen molar-refractivity contribution in [1.82, 2.24) is 10.2 Å². The van der Waals surface area contributed by atoms with Crippen LogP contribution in [-0.2, 0) is 4.74 Å². The van der Waals surface area contributed by atoms with Gasteiger partial charge < -0.3 is 19.9 Å². The number of piperidine rings is 1. The van der Waals surface area contributed by atoms with Crippen LogP contribution in [0.25, 0.3) is 0 Å². The molecule has 1 aromatic carbocycles. The van der Waals surface area contributed by atoms with Crippen LogP contribution in [-0.4, -0.2) is 55.9 Å². The van der Waals surface area contributed by atoms with Gasteiger partial charge in [0.15, 0.2) is 0 Å². The molecular weight excluding hydrogens is 309 g/mol. The number of urea groups is 1. The minimum Gasteiger partial charge on any atom is -0.377 e. The van der Waals surface area contributed by atoms with E-state index in [4.69, 9.17) is 4.74 Å². The fourth-order valence-electron chi connectivity index (χ4n) is 3.42. The first kappa shape index (κ1) is 17.0. The maximum absolute atomic E-state index is 13.9. The lowest BCUT2D eigenvalue weighted by molar-refractivity contribution is 0.0708. The molecule has 2 saturated heterocycles. The van der Waals surface area contributed by atoms with E-state index < -0.39 is 0 Å². The van der Waals surface area contributed by atoms with Crippen LogP contribution in [0.4, 0.5) is 14.9 Å². The predicted molar refractivity (Wildman–Crippen MR) is 91.8 cm³/mol. The molecular formula is C18H26FN3O2. The Morgan fingerprint density at radius 2 is 2.00 bits per heavy atom. The summed E-state index contributed by atoms with van der Waals surface area (Å²) < 4.78 is 19.5. The van der Waals surface area contributed by atoms with Crippen LogP contribution < -0.4 is 10.2 Å². The molecule has 6 heteroatoms. The van der Waals surface area contributed by atoms with Gasteiger partial charge in [0.1, 0.15) is 5.82 Å². The summed E-state index contributed by atoms with van der Waals surface area (Å²) in [7, 11) is 0. The number of amides is 2. The summed E-state index contributed by atoms with van der Waals surface area (Å²) in [5.74, 6) is -0.182. The van der Waals surface area contributed by atoms with E-state index in [1.807, 2.05) is 24.0 Å². The molecule has 2 amide bonds. The van der Waals surface area contributed by atoms with Crippen molar-refractivity contribution in [3.05, 3.63) is 30.1 Å². The summed E-state index contributed by atoms with van der Waals surface area (Å²) in [6, 6.07) is 7.02. The Bertz CT molecular complexity index is 561. The summed E-state index contributed by atoms with van der Waals surface area (Å²) in [5, 5.41) is 3.13. The van der Waals surface area contributed by atoms with Gasteiger partial charge >= 0.3 is 6.03 Å². The van der Waals surface area contributed by atoms with Crippen LogP contribution in [0.1, 0.15) is 26.2 Å². The van der Waals surface area contributed by atoms with Gasteiger partial charge in [-0.05, 0) is 38.3 Å². The highest BCUT2D eigenvalue weighted by atomic mass is 19.1. The van der Waals surface area contributed by atoms with Gasteiger partial charge in [-0.3, -0.25) is 0 Å². The minimum atomic E-state index is -0.182. The van der Waals surface area contributed by atoms with E-state index in [1.54, 1.807) is 6.07 Å². The molecule has 0 bridgehead atoms. The molecule has 0 aliphatic carbocycles. The minimum absolute atomic E-state index is 0.00306. The summed E-state index contributed by atoms with van der Waals surface area (Å²) in [6.07, 6.45) is 2.63.